The van der Waals surface area contributed by atoms with Crippen molar-refractivity contribution in [2.75, 3.05) is 32.1 Å². The Balaban J connectivity index is 1.69. The number of hydrogen-bond acceptors (Lipinski definition) is 7. The zero-order chi connectivity index (χ0) is 16.8. The van der Waals surface area contributed by atoms with Crippen LogP contribution in [0.15, 0.2) is 30.9 Å². The number of methoxy groups -OCH3 is 1. The molecule has 1 aliphatic heterocycles. The van der Waals surface area contributed by atoms with E-state index in [9.17, 15) is 4.79 Å². The van der Waals surface area contributed by atoms with Crippen LogP contribution in [-0.2, 0) is 9.53 Å². The highest BCUT2D eigenvalue weighted by Crippen LogP contribution is 2.31. The zero-order valence-corrected chi connectivity index (χ0v) is 13.6. The molecule has 0 spiro atoms. The van der Waals surface area contributed by atoms with E-state index in [2.05, 4.69) is 25.3 Å². The van der Waals surface area contributed by atoms with Crippen molar-refractivity contribution in [3.05, 3.63) is 36.5 Å². The molecule has 1 fully saturated rings. The maximum Gasteiger partial charge on any atom is 0.248 e. The molecule has 8 nitrogen and oxygen atoms in total. The number of likely N-dealkylation sites (tertiary alicyclic amines) is 1. The van der Waals surface area contributed by atoms with E-state index in [1.807, 2.05) is 4.90 Å². The van der Waals surface area contributed by atoms with Crippen LogP contribution in [0.3, 0.4) is 0 Å². The second-order valence-corrected chi connectivity index (χ2v) is 5.58. The van der Waals surface area contributed by atoms with E-state index in [1.54, 1.807) is 30.9 Å². The first-order valence-corrected chi connectivity index (χ1v) is 7.89. The number of ether oxygens (including phenoxy) is 1. The van der Waals surface area contributed by atoms with Gasteiger partial charge in [-0.25, -0.2) is 15.0 Å². The van der Waals surface area contributed by atoms with E-state index in [4.69, 9.17) is 4.74 Å². The highest BCUT2D eigenvalue weighted by atomic mass is 16.5. The molecule has 0 bridgehead atoms. The van der Waals surface area contributed by atoms with Crippen molar-refractivity contribution in [1.82, 2.24) is 24.8 Å². The Labute approximate surface area is 140 Å². The molecule has 0 aliphatic carbocycles. The van der Waals surface area contributed by atoms with E-state index in [1.165, 1.54) is 7.11 Å². The van der Waals surface area contributed by atoms with Gasteiger partial charge >= 0.3 is 0 Å². The van der Waals surface area contributed by atoms with Crippen LogP contribution in [0.5, 0.6) is 0 Å². The molecule has 1 aliphatic rings. The first-order chi connectivity index (χ1) is 11.8. The molecular formula is C16H20N6O2. The lowest BCUT2D eigenvalue weighted by atomic mass is 9.93. The topological polar surface area (TPSA) is 93.1 Å². The molecule has 0 unspecified atom stereocenters. The Bertz CT molecular complexity index is 673. The highest BCUT2D eigenvalue weighted by molar-refractivity contribution is 5.77. The van der Waals surface area contributed by atoms with Gasteiger partial charge in [0.15, 0.2) is 5.82 Å². The van der Waals surface area contributed by atoms with Crippen molar-refractivity contribution < 1.29 is 9.53 Å². The van der Waals surface area contributed by atoms with Gasteiger partial charge in [-0.3, -0.25) is 9.78 Å². The molecule has 0 radical (unpaired) electrons. The fourth-order valence-electron chi connectivity index (χ4n) is 2.83. The van der Waals surface area contributed by atoms with Gasteiger partial charge in [-0.2, -0.15) is 0 Å². The Morgan fingerprint density at radius 3 is 2.58 bits per heavy atom. The molecule has 126 valence electrons. The number of rotatable bonds is 5. The summed E-state index contributed by atoms with van der Waals surface area (Å²) < 4.78 is 4.92. The van der Waals surface area contributed by atoms with Gasteiger partial charge in [0.1, 0.15) is 6.61 Å². The Hall–Kier alpha value is -2.61. The maximum absolute atomic E-state index is 11.9. The third kappa shape index (κ3) is 3.83. The van der Waals surface area contributed by atoms with E-state index in [0.29, 0.717) is 24.9 Å². The number of carbonyl (C=O) groups excluding carboxylic acids is 1. The summed E-state index contributed by atoms with van der Waals surface area (Å²) >= 11 is 0. The smallest absolute Gasteiger partial charge is 0.248 e. The molecule has 3 heterocycles. The van der Waals surface area contributed by atoms with Crippen LogP contribution in [0.2, 0.25) is 0 Å². The molecule has 2 aromatic heterocycles. The summed E-state index contributed by atoms with van der Waals surface area (Å²) in [5.74, 6) is 1.44. The number of amides is 1. The van der Waals surface area contributed by atoms with Crippen molar-refractivity contribution in [3.63, 3.8) is 0 Å². The predicted molar refractivity (Wildman–Crippen MR) is 87.8 cm³/mol. The van der Waals surface area contributed by atoms with Crippen molar-refractivity contribution in [1.29, 1.82) is 0 Å². The number of nitrogens with one attached hydrogen (secondary N) is 1. The third-order valence-electron chi connectivity index (χ3n) is 4.02. The molecule has 1 amide bonds. The lowest BCUT2D eigenvalue weighted by Gasteiger charge is -2.32. The molecule has 0 saturated carbocycles. The van der Waals surface area contributed by atoms with Crippen LogP contribution in [0, 0.1) is 0 Å². The Morgan fingerprint density at radius 2 is 1.88 bits per heavy atom. The van der Waals surface area contributed by atoms with Gasteiger partial charge in [0.05, 0.1) is 5.69 Å². The minimum atomic E-state index is 0.0335. The predicted octanol–water partition coefficient (Wildman–Crippen LogP) is 1.36. The molecule has 2 aromatic rings. The first kappa shape index (κ1) is 16.3. The van der Waals surface area contributed by atoms with E-state index < -0.39 is 0 Å². The number of piperidine rings is 1. The Kier molecular flexibility index (Phi) is 5.27. The van der Waals surface area contributed by atoms with Gasteiger partial charge in [-0.05, 0) is 18.9 Å². The van der Waals surface area contributed by atoms with Crippen LogP contribution in [0.4, 0.5) is 11.8 Å². The van der Waals surface area contributed by atoms with Gasteiger partial charge in [0, 0.05) is 50.9 Å². The Morgan fingerprint density at radius 1 is 1.17 bits per heavy atom. The van der Waals surface area contributed by atoms with Crippen molar-refractivity contribution in [3.8, 4) is 0 Å². The number of carbonyl (C=O) groups is 1. The van der Waals surface area contributed by atoms with Crippen molar-refractivity contribution >= 4 is 17.7 Å². The summed E-state index contributed by atoms with van der Waals surface area (Å²) in [7, 11) is 1.54. The average Bonchev–Trinajstić information content (AvgIpc) is 2.63. The van der Waals surface area contributed by atoms with Crippen LogP contribution in [0.1, 0.15) is 24.5 Å². The van der Waals surface area contributed by atoms with Crippen LogP contribution < -0.4 is 5.32 Å². The molecule has 0 atom stereocenters. The molecule has 24 heavy (non-hydrogen) atoms. The fourth-order valence-corrected chi connectivity index (χ4v) is 2.83. The molecule has 0 aromatic carbocycles. The van der Waals surface area contributed by atoms with Gasteiger partial charge < -0.3 is 15.0 Å². The first-order valence-electron chi connectivity index (χ1n) is 7.89. The second-order valence-electron chi connectivity index (χ2n) is 5.58. The largest absolute Gasteiger partial charge is 0.375 e. The summed E-state index contributed by atoms with van der Waals surface area (Å²) in [5.41, 5.74) is 0.892. The van der Waals surface area contributed by atoms with Crippen molar-refractivity contribution in [2.45, 2.75) is 18.8 Å². The normalized spacial score (nSPS) is 15.3. The van der Waals surface area contributed by atoms with Gasteiger partial charge in [0.2, 0.25) is 11.9 Å². The summed E-state index contributed by atoms with van der Waals surface area (Å²) in [4.78, 5) is 30.9. The second kappa shape index (κ2) is 7.78. The highest BCUT2D eigenvalue weighted by Gasteiger charge is 2.26. The van der Waals surface area contributed by atoms with Gasteiger partial charge in [-0.1, -0.05) is 0 Å². The number of aromatic nitrogens is 4. The lowest BCUT2D eigenvalue weighted by molar-refractivity contribution is -0.136. The van der Waals surface area contributed by atoms with E-state index in [-0.39, 0.29) is 18.4 Å². The quantitative estimate of drug-likeness (QED) is 0.885. The standard InChI is InChI=1S/C16H20N6O2/c1-24-11-13(23)22-9-3-12(4-10-22)14-15(18-8-7-17-14)21-16-19-5-2-6-20-16/h2,5-8,12H,3-4,9-11H2,1H3,(H,18,19,20,21). The molecule has 8 heteroatoms. The zero-order valence-electron chi connectivity index (χ0n) is 13.6. The number of anilines is 2. The molecule has 1 saturated heterocycles. The molecule has 1 N–H and O–H groups in total. The summed E-state index contributed by atoms with van der Waals surface area (Å²) in [6.45, 7) is 1.53. The summed E-state index contributed by atoms with van der Waals surface area (Å²) in [5, 5.41) is 3.13. The fraction of sp³-hybridized carbons (Fsp3) is 0.438. The number of nitrogens with zero attached hydrogens (tertiary/aromatic N) is 5. The average molecular weight is 328 g/mol. The lowest BCUT2D eigenvalue weighted by Crippen LogP contribution is -2.40. The monoisotopic (exact) mass is 328 g/mol. The number of hydrogen-bond donors (Lipinski definition) is 1. The molecule has 3 rings (SSSR count). The third-order valence-corrected chi connectivity index (χ3v) is 4.02. The van der Waals surface area contributed by atoms with E-state index >= 15 is 0 Å². The van der Waals surface area contributed by atoms with Crippen LogP contribution >= 0.6 is 0 Å². The van der Waals surface area contributed by atoms with Gasteiger partial charge in [-0.15, -0.1) is 0 Å². The molecular weight excluding hydrogens is 308 g/mol. The summed E-state index contributed by atoms with van der Waals surface area (Å²) in [6.07, 6.45) is 8.37. The SMILES string of the molecule is COCC(=O)N1CCC(c2nccnc2Nc2ncccn2)CC1. The minimum absolute atomic E-state index is 0.0335. The van der Waals surface area contributed by atoms with Crippen LogP contribution in [-0.4, -0.2) is 57.5 Å². The summed E-state index contributed by atoms with van der Waals surface area (Å²) in [6, 6.07) is 1.76. The minimum Gasteiger partial charge on any atom is -0.375 e. The van der Waals surface area contributed by atoms with Crippen molar-refractivity contribution in [2.24, 2.45) is 0 Å². The maximum atomic E-state index is 11.9. The van der Waals surface area contributed by atoms with Crippen LogP contribution in [0.25, 0.3) is 0 Å². The van der Waals surface area contributed by atoms with E-state index in [0.717, 1.165) is 18.5 Å². The van der Waals surface area contributed by atoms with Gasteiger partial charge in [0.25, 0.3) is 0 Å².